The van der Waals surface area contributed by atoms with Crippen molar-refractivity contribution in [1.29, 1.82) is 0 Å². The van der Waals surface area contributed by atoms with Gasteiger partial charge in [-0.1, -0.05) is 54.6 Å². The molecule has 2 aromatic carbocycles. The predicted octanol–water partition coefficient (Wildman–Crippen LogP) is 3.38. The van der Waals surface area contributed by atoms with Crippen molar-refractivity contribution in [1.82, 2.24) is 10.2 Å². The summed E-state index contributed by atoms with van der Waals surface area (Å²) in [6, 6.07) is 15.2. The molecule has 0 heterocycles. The van der Waals surface area contributed by atoms with Crippen LogP contribution in [0, 0.1) is 0 Å². The maximum Gasteiger partial charge on any atom is 0.326 e. The van der Waals surface area contributed by atoms with E-state index in [1.165, 1.54) is 0 Å². The van der Waals surface area contributed by atoms with Crippen molar-refractivity contribution < 1.29 is 19.5 Å². The normalized spacial score (nSPS) is 11.8. The highest BCUT2D eigenvalue weighted by Gasteiger charge is 2.21. The highest BCUT2D eigenvalue weighted by atomic mass is 16.4. The number of amides is 2. The van der Waals surface area contributed by atoms with Crippen LogP contribution in [0.2, 0.25) is 0 Å². The number of nitrogens with one attached hydrogen (secondary N) is 1. The van der Waals surface area contributed by atoms with Crippen LogP contribution < -0.4 is 5.32 Å². The second kappa shape index (κ2) is 11.6. The molecule has 6 heteroatoms. The number of nitrogens with zero attached hydrogens (tertiary/aromatic N) is 1. The van der Waals surface area contributed by atoms with E-state index in [2.05, 4.69) is 5.32 Å². The number of aliphatic carboxylic acids is 1. The van der Waals surface area contributed by atoms with Gasteiger partial charge in [0.05, 0.1) is 0 Å². The van der Waals surface area contributed by atoms with Crippen LogP contribution in [0.3, 0.4) is 0 Å². The number of unbranched alkanes of at least 4 members (excludes halogenated alkanes) is 1. The molecule has 2 N–H and O–H groups in total. The summed E-state index contributed by atoms with van der Waals surface area (Å²) in [6.45, 7) is 0. The summed E-state index contributed by atoms with van der Waals surface area (Å²) >= 11 is 0. The van der Waals surface area contributed by atoms with Crippen molar-refractivity contribution in [2.75, 3.05) is 14.1 Å². The molecule has 0 aliphatic rings. The number of carboxylic acid groups (broad SMARTS) is 1. The topological polar surface area (TPSA) is 86.7 Å². The van der Waals surface area contributed by atoms with Crippen LogP contribution in [0.1, 0.15) is 40.7 Å². The van der Waals surface area contributed by atoms with E-state index in [1.807, 2.05) is 48.6 Å². The fraction of sp³-hybridized carbons (Fsp3) is 0.292. The molecule has 1 atom stereocenters. The molecule has 2 aromatic rings. The Labute approximate surface area is 177 Å². The minimum absolute atomic E-state index is 0.102. The highest BCUT2D eigenvalue weighted by Crippen LogP contribution is 2.10. The molecular formula is C24H28N2O4. The van der Waals surface area contributed by atoms with Crippen LogP contribution >= 0.6 is 0 Å². The fourth-order valence-corrected chi connectivity index (χ4v) is 2.89. The lowest BCUT2D eigenvalue weighted by Crippen LogP contribution is -2.42. The highest BCUT2D eigenvalue weighted by molar-refractivity contribution is 5.97. The van der Waals surface area contributed by atoms with Crippen molar-refractivity contribution in [3.05, 3.63) is 77.4 Å². The number of carbonyl (C=O) groups excluding carboxylic acids is 2. The number of carboxylic acids is 1. The van der Waals surface area contributed by atoms with E-state index in [0.717, 1.165) is 24.0 Å². The first-order chi connectivity index (χ1) is 14.4. The van der Waals surface area contributed by atoms with E-state index >= 15 is 0 Å². The maximum atomic E-state index is 12.6. The Kier molecular flexibility index (Phi) is 8.81. The lowest BCUT2D eigenvalue weighted by atomic mass is 10.0. The Morgan fingerprint density at radius 2 is 1.80 bits per heavy atom. The van der Waals surface area contributed by atoms with Gasteiger partial charge in [0, 0.05) is 32.5 Å². The summed E-state index contributed by atoms with van der Waals surface area (Å²) < 4.78 is 0. The number of allylic oxidation sites excluding steroid dienone is 1. The van der Waals surface area contributed by atoms with Crippen LogP contribution in [-0.4, -0.2) is 47.9 Å². The molecule has 0 aromatic heterocycles. The lowest BCUT2D eigenvalue weighted by molar-refractivity contribution is -0.139. The average Bonchev–Trinajstić information content (AvgIpc) is 2.73. The van der Waals surface area contributed by atoms with Gasteiger partial charge in [0.2, 0.25) is 5.91 Å². The molecule has 0 aliphatic carbocycles. The first-order valence-corrected chi connectivity index (χ1v) is 9.91. The molecular weight excluding hydrogens is 380 g/mol. The Hall–Kier alpha value is -3.41. The SMILES string of the molecule is CN(C)C(=O)CCCC=Cc1cccc(C(=O)NC(Cc2ccccc2)C(=O)O)c1. The molecule has 0 saturated heterocycles. The minimum atomic E-state index is -1.07. The third-order valence-corrected chi connectivity index (χ3v) is 4.61. The first-order valence-electron chi connectivity index (χ1n) is 9.91. The molecule has 0 aliphatic heterocycles. The molecule has 30 heavy (non-hydrogen) atoms. The standard InChI is InChI=1S/C24H28N2O4/c1-26(2)22(27)15-8-4-7-10-18-13-9-14-20(16-18)23(28)25-21(24(29)30)17-19-11-5-3-6-12-19/h3,5-7,9-14,16,21H,4,8,15,17H2,1-2H3,(H,25,28)(H,29,30). The van der Waals surface area contributed by atoms with Gasteiger partial charge in [-0.25, -0.2) is 4.79 Å². The van der Waals surface area contributed by atoms with E-state index in [1.54, 1.807) is 37.2 Å². The quantitative estimate of drug-likeness (QED) is 0.590. The van der Waals surface area contributed by atoms with E-state index in [0.29, 0.717) is 12.0 Å². The minimum Gasteiger partial charge on any atom is -0.480 e. The van der Waals surface area contributed by atoms with Crippen molar-refractivity contribution in [3.8, 4) is 0 Å². The van der Waals surface area contributed by atoms with Gasteiger partial charge in [-0.05, 0) is 36.1 Å². The predicted molar refractivity (Wildman–Crippen MR) is 117 cm³/mol. The second-order valence-electron chi connectivity index (χ2n) is 7.26. The molecule has 0 fully saturated rings. The van der Waals surface area contributed by atoms with Crippen LogP contribution in [0.15, 0.2) is 60.7 Å². The number of hydrogen-bond acceptors (Lipinski definition) is 3. The molecule has 2 rings (SSSR count). The summed E-state index contributed by atoms with van der Waals surface area (Å²) in [7, 11) is 3.48. The summed E-state index contributed by atoms with van der Waals surface area (Å²) in [5.74, 6) is -1.40. The summed E-state index contributed by atoms with van der Waals surface area (Å²) in [5, 5.41) is 12.1. The summed E-state index contributed by atoms with van der Waals surface area (Å²) in [4.78, 5) is 37.3. The molecule has 6 nitrogen and oxygen atoms in total. The number of carbonyl (C=O) groups is 3. The average molecular weight is 408 g/mol. The van der Waals surface area contributed by atoms with Gasteiger partial charge in [0.15, 0.2) is 0 Å². The van der Waals surface area contributed by atoms with Gasteiger partial charge in [0.1, 0.15) is 6.04 Å². The van der Waals surface area contributed by atoms with Crippen molar-refractivity contribution in [2.24, 2.45) is 0 Å². The molecule has 0 radical (unpaired) electrons. The van der Waals surface area contributed by atoms with Crippen LogP contribution in [0.5, 0.6) is 0 Å². The lowest BCUT2D eigenvalue weighted by Gasteiger charge is -2.15. The Morgan fingerprint density at radius 3 is 2.47 bits per heavy atom. The molecule has 158 valence electrons. The second-order valence-corrected chi connectivity index (χ2v) is 7.26. The zero-order valence-corrected chi connectivity index (χ0v) is 17.4. The van der Waals surface area contributed by atoms with E-state index < -0.39 is 17.9 Å². The van der Waals surface area contributed by atoms with Gasteiger partial charge in [-0.2, -0.15) is 0 Å². The van der Waals surface area contributed by atoms with Gasteiger partial charge >= 0.3 is 5.97 Å². The van der Waals surface area contributed by atoms with Crippen LogP contribution in [0.25, 0.3) is 6.08 Å². The summed E-state index contributed by atoms with van der Waals surface area (Å²) in [5.41, 5.74) is 2.09. The molecule has 0 saturated carbocycles. The Balaban J connectivity index is 1.95. The largest absolute Gasteiger partial charge is 0.480 e. The van der Waals surface area contributed by atoms with Crippen molar-refractivity contribution in [2.45, 2.75) is 31.7 Å². The third-order valence-electron chi connectivity index (χ3n) is 4.61. The van der Waals surface area contributed by atoms with E-state index in [4.69, 9.17) is 0 Å². The van der Waals surface area contributed by atoms with Crippen LogP contribution in [0.4, 0.5) is 0 Å². The summed E-state index contributed by atoms with van der Waals surface area (Å²) in [6.07, 6.45) is 6.09. The fourth-order valence-electron chi connectivity index (χ4n) is 2.89. The molecule has 0 spiro atoms. The number of hydrogen-bond donors (Lipinski definition) is 2. The van der Waals surface area contributed by atoms with Gasteiger partial charge in [-0.15, -0.1) is 0 Å². The Bertz CT molecular complexity index is 891. The number of rotatable bonds is 10. The number of benzene rings is 2. The van der Waals surface area contributed by atoms with Gasteiger partial charge < -0.3 is 15.3 Å². The molecule has 2 amide bonds. The van der Waals surface area contributed by atoms with Crippen LogP contribution in [-0.2, 0) is 16.0 Å². The van der Waals surface area contributed by atoms with Gasteiger partial charge in [-0.3, -0.25) is 9.59 Å². The van der Waals surface area contributed by atoms with Gasteiger partial charge in [0.25, 0.3) is 5.91 Å². The zero-order valence-electron chi connectivity index (χ0n) is 17.4. The maximum absolute atomic E-state index is 12.6. The van der Waals surface area contributed by atoms with E-state index in [-0.39, 0.29) is 12.3 Å². The molecule has 1 unspecified atom stereocenters. The van der Waals surface area contributed by atoms with E-state index in [9.17, 15) is 19.5 Å². The third kappa shape index (κ3) is 7.54. The van der Waals surface area contributed by atoms with Crippen molar-refractivity contribution in [3.63, 3.8) is 0 Å². The monoisotopic (exact) mass is 408 g/mol. The molecule has 0 bridgehead atoms. The Morgan fingerprint density at radius 1 is 1.07 bits per heavy atom. The van der Waals surface area contributed by atoms with Crippen molar-refractivity contribution >= 4 is 23.9 Å². The zero-order chi connectivity index (χ0) is 21.9. The smallest absolute Gasteiger partial charge is 0.326 e. The first kappa shape index (κ1) is 22.9.